The lowest BCUT2D eigenvalue weighted by Gasteiger charge is -2.29. The molecular formula is C16H26N2O. The smallest absolute Gasteiger partial charge is 0.0670 e. The number of hydrogen-bond donors (Lipinski definition) is 2. The van der Waals surface area contributed by atoms with Crippen molar-refractivity contribution in [3.05, 3.63) is 35.4 Å². The minimum absolute atomic E-state index is 0.205. The zero-order valence-corrected chi connectivity index (χ0v) is 11.9. The van der Waals surface area contributed by atoms with Gasteiger partial charge in [0.1, 0.15) is 0 Å². The molecule has 3 heteroatoms. The van der Waals surface area contributed by atoms with Gasteiger partial charge in [0.25, 0.3) is 0 Å². The minimum Gasteiger partial charge on any atom is -0.392 e. The third-order valence-electron chi connectivity index (χ3n) is 3.88. The lowest BCUT2D eigenvalue weighted by Crippen LogP contribution is -2.46. The van der Waals surface area contributed by atoms with Gasteiger partial charge in [-0.15, -0.1) is 0 Å². The molecule has 3 nitrogen and oxygen atoms in total. The maximum Gasteiger partial charge on any atom is 0.0670 e. The van der Waals surface area contributed by atoms with Crippen LogP contribution in [0, 0.1) is 0 Å². The summed E-state index contributed by atoms with van der Waals surface area (Å²) in [7, 11) is 0. The van der Waals surface area contributed by atoms with Crippen LogP contribution in [0.4, 0.5) is 0 Å². The molecule has 0 saturated carbocycles. The molecule has 0 amide bonds. The molecule has 2 N–H and O–H groups in total. The maximum atomic E-state index is 10.1. The second-order valence-corrected chi connectivity index (χ2v) is 5.41. The van der Waals surface area contributed by atoms with Gasteiger partial charge < -0.3 is 10.4 Å². The van der Waals surface area contributed by atoms with Gasteiger partial charge in [-0.05, 0) is 30.4 Å². The number of hydrogen-bond acceptors (Lipinski definition) is 3. The number of aliphatic hydroxyl groups excluding tert-OH is 1. The molecule has 1 aromatic carbocycles. The third-order valence-corrected chi connectivity index (χ3v) is 3.88. The van der Waals surface area contributed by atoms with Crippen LogP contribution in [0.5, 0.6) is 0 Å². The summed E-state index contributed by atoms with van der Waals surface area (Å²) >= 11 is 0. The van der Waals surface area contributed by atoms with Crippen molar-refractivity contribution in [3.63, 3.8) is 0 Å². The van der Waals surface area contributed by atoms with E-state index in [-0.39, 0.29) is 6.10 Å². The average Bonchev–Trinajstić information content (AvgIpc) is 2.47. The number of β-amino-alcohol motifs (C(OH)–C–C–N with tert-alkyl or cyclic N) is 1. The summed E-state index contributed by atoms with van der Waals surface area (Å²) in [5.41, 5.74) is 2.71. The Labute approximate surface area is 116 Å². The Morgan fingerprint density at radius 2 is 1.79 bits per heavy atom. The van der Waals surface area contributed by atoms with Crippen LogP contribution in [-0.2, 0) is 12.8 Å². The molecule has 1 aromatic rings. The Morgan fingerprint density at radius 1 is 1.16 bits per heavy atom. The predicted molar refractivity (Wildman–Crippen MR) is 79.5 cm³/mol. The van der Waals surface area contributed by atoms with Gasteiger partial charge in [0.2, 0.25) is 0 Å². The molecule has 1 saturated heterocycles. The highest BCUT2D eigenvalue weighted by atomic mass is 16.3. The van der Waals surface area contributed by atoms with Crippen LogP contribution in [0.2, 0.25) is 0 Å². The summed E-state index contributed by atoms with van der Waals surface area (Å²) < 4.78 is 0. The highest BCUT2D eigenvalue weighted by Crippen LogP contribution is 2.09. The molecule has 1 atom stereocenters. The Morgan fingerprint density at radius 3 is 2.42 bits per heavy atom. The molecule has 1 fully saturated rings. The molecule has 0 aromatic heterocycles. The van der Waals surface area contributed by atoms with Gasteiger partial charge in [-0.1, -0.05) is 31.2 Å². The van der Waals surface area contributed by atoms with E-state index in [2.05, 4.69) is 41.4 Å². The second-order valence-electron chi connectivity index (χ2n) is 5.41. The Hall–Kier alpha value is -0.900. The van der Waals surface area contributed by atoms with E-state index in [9.17, 15) is 5.11 Å². The Balaban J connectivity index is 1.71. The van der Waals surface area contributed by atoms with Crippen LogP contribution >= 0.6 is 0 Å². The quantitative estimate of drug-likeness (QED) is 0.814. The first-order chi connectivity index (χ1) is 9.28. The molecule has 0 aliphatic carbocycles. The fraction of sp³-hybridized carbons (Fsp3) is 0.625. The van der Waals surface area contributed by atoms with Crippen molar-refractivity contribution in [1.29, 1.82) is 0 Å². The summed E-state index contributed by atoms with van der Waals surface area (Å²) in [6, 6.07) is 8.77. The van der Waals surface area contributed by atoms with Crippen LogP contribution in [0.25, 0.3) is 0 Å². The summed E-state index contributed by atoms with van der Waals surface area (Å²) in [5, 5.41) is 13.4. The SMILES string of the molecule is CCc1ccc(CCC(O)CN2CCNCC2)cc1. The molecule has 0 radical (unpaired) electrons. The molecule has 19 heavy (non-hydrogen) atoms. The number of rotatable bonds is 6. The van der Waals surface area contributed by atoms with E-state index in [0.29, 0.717) is 0 Å². The van der Waals surface area contributed by atoms with Crippen molar-refractivity contribution in [2.75, 3.05) is 32.7 Å². The molecule has 0 spiro atoms. The van der Waals surface area contributed by atoms with E-state index in [1.54, 1.807) is 0 Å². The number of aryl methyl sites for hydroxylation is 2. The maximum absolute atomic E-state index is 10.1. The van der Waals surface area contributed by atoms with Crippen molar-refractivity contribution >= 4 is 0 Å². The van der Waals surface area contributed by atoms with Gasteiger partial charge in [-0.25, -0.2) is 0 Å². The van der Waals surface area contributed by atoms with Crippen molar-refractivity contribution in [2.45, 2.75) is 32.3 Å². The van der Waals surface area contributed by atoms with Crippen molar-refractivity contribution in [3.8, 4) is 0 Å². The summed E-state index contributed by atoms with van der Waals surface area (Å²) in [6.45, 7) is 7.20. The van der Waals surface area contributed by atoms with Gasteiger partial charge in [-0.2, -0.15) is 0 Å². The van der Waals surface area contributed by atoms with E-state index in [1.807, 2.05) is 0 Å². The Kier molecular flexibility index (Phi) is 5.83. The van der Waals surface area contributed by atoms with Gasteiger partial charge in [0.15, 0.2) is 0 Å². The van der Waals surface area contributed by atoms with Gasteiger partial charge in [0.05, 0.1) is 6.10 Å². The highest BCUT2D eigenvalue weighted by molar-refractivity contribution is 5.22. The first-order valence-corrected chi connectivity index (χ1v) is 7.47. The van der Waals surface area contributed by atoms with Crippen molar-refractivity contribution < 1.29 is 5.11 Å². The molecule has 106 valence electrons. The third kappa shape index (κ3) is 4.94. The van der Waals surface area contributed by atoms with Gasteiger partial charge >= 0.3 is 0 Å². The number of aliphatic hydroxyl groups is 1. The van der Waals surface area contributed by atoms with E-state index in [0.717, 1.165) is 52.0 Å². The molecule has 1 aliphatic rings. The second kappa shape index (κ2) is 7.63. The normalized spacial score (nSPS) is 18.4. The van der Waals surface area contributed by atoms with Crippen LogP contribution in [0.3, 0.4) is 0 Å². The predicted octanol–water partition coefficient (Wildman–Crippen LogP) is 1.45. The van der Waals surface area contributed by atoms with Gasteiger partial charge in [0, 0.05) is 32.7 Å². The summed E-state index contributed by atoms with van der Waals surface area (Å²) in [5.74, 6) is 0. The summed E-state index contributed by atoms with van der Waals surface area (Å²) in [4.78, 5) is 2.35. The van der Waals surface area contributed by atoms with Crippen LogP contribution < -0.4 is 5.32 Å². The number of benzene rings is 1. The zero-order valence-electron chi connectivity index (χ0n) is 11.9. The Bertz CT molecular complexity index is 358. The van der Waals surface area contributed by atoms with E-state index >= 15 is 0 Å². The fourth-order valence-electron chi connectivity index (χ4n) is 2.56. The largest absolute Gasteiger partial charge is 0.392 e. The molecular weight excluding hydrogens is 236 g/mol. The van der Waals surface area contributed by atoms with Gasteiger partial charge in [-0.3, -0.25) is 4.90 Å². The molecule has 2 rings (SSSR count). The molecule has 1 aliphatic heterocycles. The van der Waals surface area contributed by atoms with Crippen LogP contribution in [-0.4, -0.2) is 48.8 Å². The number of nitrogens with one attached hydrogen (secondary N) is 1. The fourth-order valence-corrected chi connectivity index (χ4v) is 2.56. The lowest BCUT2D eigenvalue weighted by atomic mass is 10.0. The first-order valence-electron chi connectivity index (χ1n) is 7.47. The topological polar surface area (TPSA) is 35.5 Å². The van der Waals surface area contributed by atoms with Crippen LogP contribution in [0.15, 0.2) is 24.3 Å². The molecule has 0 bridgehead atoms. The lowest BCUT2D eigenvalue weighted by molar-refractivity contribution is 0.0987. The van der Waals surface area contributed by atoms with Crippen molar-refractivity contribution in [1.82, 2.24) is 10.2 Å². The van der Waals surface area contributed by atoms with E-state index in [1.165, 1.54) is 11.1 Å². The van der Waals surface area contributed by atoms with Crippen molar-refractivity contribution in [2.24, 2.45) is 0 Å². The van der Waals surface area contributed by atoms with E-state index < -0.39 is 0 Å². The monoisotopic (exact) mass is 262 g/mol. The number of piperazine rings is 1. The zero-order chi connectivity index (χ0) is 13.5. The first kappa shape index (κ1) is 14.5. The number of nitrogens with zero attached hydrogens (tertiary/aromatic N) is 1. The molecule has 1 unspecified atom stereocenters. The summed E-state index contributed by atoms with van der Waals surface area (Å²) in [6.07, 6.45) is 2.71. The van der Waals surface area contributed by atoms with E-state index in [4.69, 9.17) is 0 Å². The minimum atomic E-state index is -0.205. The average molecular weight is 262 g/mol. The van der Waals surface area contributed by atoms with Crippen LogP contribution in [0.1, 0.15) is 24.5 Å². The molecule has 1 heterocycles. The highest BCUT2D eigenvalue weighted by Gasteiger charge is 2.13. The standard InChI is InChI=1S/C16H26N2O/c1-2-14-3-5-15(6-4-14)7-8-16(19)13-18-11-9-17-10-12-18/h3-6,16-17,19H,2,7-13H2,1H3.